The highest BCUT2D eigenvalue weighted by atomic mass is 32.2. The molecule has 0 saturated carbocycles. The van der Waals surface area contributed by atoms with Crippen molar-refractivity contribution >= 4 is 31.4 Å². The van der Waals surface area contributed by atoms with Gasteiger partial charge >= 0.3 is 0 Å². The standard InChI is InChI=1S/C12H15BO.C7H8O2S.C6H12NP/c1-9-5-3-4-6-11(9)7-8-12(13)10(2)14;1-10(8,9)7-5-3-2-4-6-7;1-4-8-5-2-7(1)3-6-8/h3-6,12H,7-8H2,1-2H3;2-6H,1H3;1-6H2. The van der Waals surface area contributed by atoms with Gasteiger partial charge in [0.05, 0.1) is 12.7 Å². The summed E-state index contributed by atoms with van der Waals surface area (Å²) in [6, 6.07) is 16.5. The van der Waals surface area contributed by atoms with Crippen molar-refractivity contribution in [1.82, 2.24) is 4.90 Å². The van der Waals surface area contributed by atoms with Crippen LogP contribution in [0.3, 0.4) is 0 Å². The number of rotatable bonds is 5. The Labute approximate surface area is 196 Å². The molecule has 2 radical (unpaired) electrons. The van der Waals surface area contributed by atoms with Crippen LogP contribution in [-0.2, 0) is 21.1 Å². The molecule has 0 aromatic heterocycles. The average molecular weight is 471 g/mol. The van der Waals surface area contributed by atoms with Gasteiger partial charge in [-0.3, -0.25) is 0 Å². The molecule has 1 atom stereocenters. The summed E-state index contributed by atoms with van der Waals surface area (Å²) < 4.78 is 21.7. The fourth-order valence-electron chi connectivity index (χ4n) is 3.59. The molecule has 2 aromatic rings. The van der Waals surface area contributed by atoms with Crippen molar-refractivity contribution in [2.45, 2.75) is 37.4 Å². The van der Waals surface area contributed by atoms with Gasteiger partial charge in [0.15, 0.2) is 9.84 Å². The summed E-state index contributed by atoms with van der Waals surface area (Å²) in [7, 11) is 3.22. The topological polar surface area (TPSA) is 54.5 Å². The molecule has 3 fully saturated rings. The van der Waals surface area contributed by atoms with E-state index in [-0.39, 0.29) is 11.6 Å². The summed E-state index contributed by atoms with van der Waals surface area (Å²) in [6.45, 7) is 7.89. The Hall–Kier alpha value is -1.49. The van der Waals surface area contributed by atoms with E-state index >= 15 is 0 Å². The number of benzene rings is 2. The summed E-state index contributed by atoms with van der Waals surface area (Å²) in [5.41, 5.74) is 2.55. The van der Waals surface area contributed by atoms with E-state index in [1.54, 1.807) is 55.7 Å². The number of aryl methyl sites for hydroxylation is 2. The van der Waals surface area contributed by atoms with Crippen molar-refractivity contribution in [3.63, 3.8) is 0 Å². The van der Waals surface area contributed by atoms with Gasteiger partial charge in [-0.1, -0.05) is 42.5 Å². The minimum atomic E-state index is -3.00. The number of nitrogens with zero attached hydrogens (tertiary/aromatic N) is 1. The number of carbonyl (C=O) groups excluding carboxylic acids is 1. The molecule has 3 saturated heterocycles. The highest BCUT2D eigenvalue weighted by molar-refractivity contribution is 7.90. The summed E-state index contributed by atoms with van der Waals surface area (Å²) in [5, 5.41) is 0. The lowest BCUT2D eigenvalue weighted by Crippen LogP contribution is -2.41. The Bertz CT molecular complexity index is 922. The lowest BCUT2D eigenvalue weighted by Gasteiger charge is -2.39. The van der Waals surface area contributed by atoms with E-state index in [0.29, 0.717) is 12.8 Å². The van der Waals surface area contributed by atoms with Crippen molar-refractivity contribution in [2.75, 3.05) is 44.4 Å². The van der Waals surface area contributed by atoms with E-state index < -0.39 is 9.84 Å². The fraction of sp³-hybridized carbons (Fsp3) is 0.480. The number of Topliss-reactive ketones (excluding diaryl/α,β-unsaturated/α-hetero) is 1. The van der Waals surface area contributed by atoms with Gasteiger partial charge in [-0.15, -0.1) is 7.92 Å². The number of hydrogen-bond acceptors (Lipinski definition) is 4. The van der Waals surface area contributed by atoms with Crippen LogP contribution in [0.15, 0.2) is 59.5 Å². The van der Waals surface area contributed by atoms with Gasteiger partial charge in [0.25, 0.3) is 0 Å². The first kappa shape index (κ1) is 26.8. The zero-order valence-electron chi connectivity index (χ0n) is 19.5. The monoisotopic (exact) mass is 471 g/mol. The first-order valence-electron chi connectivity index (χ1n) is 11.2. The highest BCUT2D eigenvalue weighted by Crippen LogP contribution is 2.41. The molecular weight excluding hydrogens is 436 g/mol. The fourth-order valence-corrected chi connectivity index (χ4v) is 6.61. The van der Waals surface area contributed by atoms with Crippen molar-refractivity contribution in [2.24, 2.45) is 0 Å². The number of carbonyl (C=O) groups is 1. The van der Waals surface area contributed by atoms with Crippen molar-refractivity contribution in [1.29, 1.82) is 0 Å². The molecular formula is C25H35BNO3PS. The Balaban J connectivity index is 0.000000177. The van der Waals surface area contributed by atoms with Gasteiger partial charge in [-0.25, -0.2) is 8.42 Å². The van der Waals surface area contributed by atoms with Crippen LogP contribution in [0.25, 0.3) is 0 Å². The summed E-state index contributed by atoms with van der Waals surface area (Å²) >= 11 is 0. The second-order valence-electron chi connectivity index (χ2n) is 8.45. The molecule has 5 rings (SSSR count). The van der Waals surface area contributed by atoms with Gasteiger partial charge in [0, 0.05) is 25.9 Å². The zero-order valence-corrected chi connectivity index (χ0v) is 21.2. The molecule has 1 unspecified atom stereocenters. The van der Waals surface area contributed by atoms with Crippen LogP contribution in [0.1, 0.15) is 24.5 Å². The Morgan fingerprint density at radius 1 is 1.00 bits per heavy atom. The molecule has 2 bridgehead atoms. The number of ketones is 1. The Morgan fingerprint density at radius 3 is 1.91 bits per heavy atom. The van der Waals surface area contributed by atoms with Crippen LogP contribution in [0.4, 0.5) is 0 Å². The molecule has 0 aliphatic carbocycles. The van der Waals surface area contributed by atoms with Crippen LogP contribution in [0.5, 0.6) is 0 Å². The molecule has 172 valence electrons. The summed E-state index contributed by atoms with van der Waals surface area (Å²) in [4.78, 5) is 13.9. The van der Waals surface area contributed by atoms with Crippen LogP contribution < -0.4 is 0 Å². The second kappa shape index (κ2) is 13.3. The number of fused-ring (bicyclic) bond motifs is 3. The minimum absolute atomic E-state index is 0.0681. The molecule has 3 aliphatic heterocycles. The van der Waals surface area contributed by atoms with Crippen LogP contribution in [0, 0.1) is 6.92 Å². The van der Waals surface area contributed by atoms with Crippen molar-refractivity contribution in [3.05, 3.63) is 65.7 Å². The largest absolute Gasteiger partial charge is 0.302 e. The molecule has 2 aromatic carbocycles. The molecule has 0 amide bonds. The minimum Gasteiger partial charge on any atom is -0.302 e. The van der Waals surface area contributed by atoms with Crippen molar-refractivity contribution in [3.8, 4) is 0 Å². The molecule has 0 spiro atoms. The maximum absolute atomic E-state index is 10.9. The lowest BCUT2D eigenvalue weighted by atomic mass is 9.79. The second-order valence-corrected chi connectivity index (χ2v) is 13.1. The molecule has 3 heterocycles. The van der Waals surface area contributed by atoms with E-state index in [2.05, 4.69) is 24.0 Å². The Kier molecular flexibility index (Phi) is 11.1. The van der Waals surface area contributed by atoms with Gasteiger partial charge in [0.1, 0.15) is 5.78 Å². The molecule has 32 heavy (non-hydrogen) atoms. The quantitative estimate of drug-likeness (QED) is 0.481. The van der Waals surface area contributed by atoms with Crippen LogP contribution in [-0.4, -0.2) is 71.3 Å². The predicted molar refractivity (Wildman–Crippen MR) is 137 cm³/mol. The van der Waals surface area contributed by atoms with E-state index in [1.165, 1.54) is 37.0 Å². The summed E-state index contributed by atoms with van der Waals surface area (Å²) in [6.07, 6.45) is 7.47. The van der Waals surface area contributed by atoms with Gasteiger partial charge in [-0.2, -0.15) is 0 Å². The number of hydrogen-bond donors (Lipinski definition) is 0. The predicted octanol–water partition coefficient (Wildman–Crippen LogP) is 4.36. The van der Waals surface area contributed by atoms with E-state index in [4.69, 9.17) is 7.85 Å². The number of sulfone groups is 1. The van der Waals surface area contributed by atoms with Gasteiger partial charge in [-0.05, 0) is 74.3 Å². The third-order valence-electron chi connectivity index (χ3n) is 5.88. The maximum atomic E-state index is 10.9. The smallest absolute Gasteiger partial charge is 0.175 e. The zero-order chi connectivity index (χ0) is 23.6. The summed E-state index contributed by atoms with van der Waals surface area (Å²) in [5.74, 6) is -0.242. The average Bonchev–Trinajstić information content (AvgIpc) is 2.80. The first-order chi connectivity index (χ1) is 15.2. The third kappa shape index (κ3) is 9.56. The van der Waals surface area contributed by atoms with Gasteiger partial charge < -0.3 is 9.69 Å². The third-order valence-corrected chi connectivity index (χ3v) is 9.50. The van der Waals surface area contributed by atoms with Crippen LogP contribution >= 0.6 is 7.92 Å². The van der Waals surface area contributed by atoms with E-state index in [0.717, 1.165) is 12.8 Å². The molecule has 4 nitrogen and oxygen atoms in total. The molecule has 3 aliphatic rings. The normalized spacial score (nSPS) is 20.2. The van der Waals surface area contributed by atoms with Crippen molar-refractivity contribution < 1.29 is 13.2 Å². The SMILES string of the molecule is C1CP2CCN1CC2.CS(=O)(=O)c1ccccc1.[B]C(CCc1ccccc1C)C(C)=O. The molecule has 7 heteroatoms. The highest BCUT2D eigenvalue weighted by Gasteiger charge is 2.23. The lowest BCUT2D eigenvalue weighted by molar-refractivity contribution is -0.117. The maximum Gasteiger partial charge on any atom is 0.175 e. The molecule has 0 N–H and O–H groups in total. The Morgan fingerprint density at radius 2 is 1.53 bits per heavy atom. The first-order valence-corrected chi connectivity index (χ1v) is 15.0. The van der Waals surface area contributed by atoms with E-state index in [9.17, 15) is 13.2 Å². The van der Waals surface area contributed by atoms with Crippen LogP contribution in [0.2, 0.25) is 5.82 Å². The van der Waals surface area contributed by atoms with Gasteiger partial charge in [0.2, 0.25) is 0 Å². The van der Waals surface area contributed by atoms with E-state index in [1.807, 2.05) is 12.1 Å².